The third-order valence-electron chi connectivity index (χ3n) is 1.99. The molecular weight excluding hydrogens is 381 g/mol. The minimum Gasteiger partial charge on any atom is -0.398 e. The molecule has 0 aliphatic carbocycles. The van der Waals surface area contributed by atoms with Gasteiger partial charge in [0.25, 0.3) is 0 Å². The Labute approximate surface area is 156 Å². The molecule has 0 aromatic rings. The van der Waals surface area contributed by atoms with Gasteiger partial charge in [0.1, 0.15) is 0 Å². The second-order valence-corrected chi connectivity index (χ2v) is 4.35. The van der Waals surface area contributed by atoms with Crippen molar-refractivity contribution in [3.8, 4) is 0 Å². The monoisotopic (exact) mass is 407 g/mol. The smallest absolute Gasteiger partial charge is 0.398 e. The van der Waals surface area contributed by atoms with Gasteiger partial charge in [-0.3, -0.25) is 17.3 Å². The first-order valence-corrected chi connectivity index (χ1v) is 7.36. The van der Waals surface area contributed by atoms with E-state index in [1.165, 1.54) is 25.0 Å². The molecule has 1 rings (SSSR count). The van der Waals surface area contributed by atoms with Crippen molar-refractivity contribution in [1.82, 2.24) is 4.90 Å². The van der Waals surface area contributed by atoms with Crippen LogP contribution in [0.1, 0.15) is 26.7 Å². The molecule has 0 spiro atoms. The van der Waals surface area contributed by atoms with Crippen molar-refractivity contribution in [2.45, 2.75) is 26.7 Å². The first-order chi connectivity index (χ1) is 12.3. The van der Waals surface area contributed by atoms with Gasteiger partial charge < -0.3 is 45.1 Å². The molecule has 8 N–H and O–H groups in total. The van der Waals surface area contributed by atoms with Gasteiger partial charge in [-0.15, -0.1) is 0 Å². The van der Waals surface area contributed by atoms with E-state index in [1.807, 2.05) is 0 Å². The van der Waals surface area contributed by atoms with E-state index < -0.39 is 29.6 Å². The zero-order valence-electron chi connectivity index (χ0n) is 14.9. The highest BCUT2D eigenvalue weighted by atomic mass is 19.1. The third-order valence-corrected chi connectivity index (χ3v) is 1.99. The first kappa shape index (κ1) is 33.5. The Morgan fingerprint density at radius 1 is 0.852 bits per heavy atom. The van der Waals surface area contributed by atoms with Crippen molar-refractivity contribution in [1.29, 1.82) is 0 Å². The molecule has 0 bridgehead atoms. The number of allylic oxidation sites excluding steroid dienone is 2. The quantitative estimate of drug-likeness (QED) is 0.201. The molecule has 0 atom stereocenters. The average molecular weight is 407 g/mol. The Bertz CT molecular complexity index is 322. The van der Waals surface area contributed by atoms with Crippen molar-refractivity contribution in [3.63, 3.8) is 0 Å². The molecule has 1 aliphatic rings. The molecule has 0 unspecified atom stereocenters. The van der Waals surface area contributed by atoms with E-state index in [1.54, 1.807) is 0 Å². The molecule has 27 heavy (non-hydrogen) atoms. The summed E-state index contributed by atoms with van der Waals surface area (Å²) in [4.78, 5) is 2.36. The minimum absolute atomic E-state index is 1.10. The average Bonchev–Trinajstić information content (AvgIpc) is 2.44. The van der Waals surface area contributed by atoms with E-state index in [0.717, 1.165) is 6.54 Å². The number of halogens is 4. The van der Waals surface area contributed by atoms with Crippen LogP contribution < -0.4 is 0 Å². The second-order valence-electron chi connectivity index (χ2n) is 4.35. The number of hydrogen-bond donors (Lipinski definition) is 8. The molecule has 1 heterocycles. The molecule has 0 aromatic carbocycles. The number of hydrogen-bond acceptors (Lipinski definition) is 9. The normalized spacial score (nSPS) is 10.9. The zero-order valence-corrected chi connectivity index (χ0v) is 14.9. The summed E-state index contributed by atoms with van der Waals surface area (Å²) in [7, 11) is -10.7. The van der Waals surface area contributed by atoms with Crippen LogP contribution in [0, 0.1) is 0 Å². The van der Waals surface area contributed by atoms with Gasteiger partial charge >= 0.3 is 29.6 Å². The van der Waals surface area contributed by atoms with E-state index in [4.69, 9.17) is 40.2 Å². The maximum Gasteiger partial charge on any atom is 0.674 e. The largest absolute Gasteiger partial charge is 0.674 e. The fraction of sp³-hybridized carbons (Fsp3) is 0.600. The van der Waals surface area contributed by atoms with Crippen molar-refractivity contribution >= 4 is 29.6 Å². The summed E-state index contributed by atoms with van der Waals surface area (Å²) in [6.07, 6.45) is 9.24. The Hall–Kier alpha value is -1.06. The highest BCUT2D eigenvalue weighted by Crippen LogP contribution is 2.06. The molecule has 0 fully saturated rings. The fourth-order valence-corrected chi connectivity index (χ4v) is 1.14. The SMILES string of the molecule is CCCCN1C=CC(C)=CC1.OB(O)F.OB(O)F.OB(O)F.OB(O)F. The second kappa shape index (κ2) is 24.9. The van der Waals surface area contributed by atoms with Crippen molar-refractivity contribution in [3.05, 3.63) is 23.9 Å². The Morgan fingerprint density at radius 2 is 1.19 bits per heavy atom. The number of nitrogens with zero attached hydrogens (tertiary/aromatic N) is 1. The van der Waals surface area contributed by atoms with E-state index >= 15 is 0 Å². The fourth-order valence-electron chi connectivity index (χ4n) is 1.14. The predicted octanol–water partition coefficient (Wildman–Crippen LogP) is -1.74. The minimum atomic E-state index is -2.67. The number of rotatable bonds is 3. The third kappa shape index (κ3) is 78.4. The summed E-state index contributed by atoms with van der Waals surface area (Å²) < 4.78 is 40.4. The van der Waals surface area contributed by atoms with Gasteiger partial charge in [-0.1, -0.05) is 25.0 Å². The van der Waals surface area contributed by atoms with E-state index in [-0.39, 0.29) is 0 Å². The van der Waals surface area contributed by atoms with Crippen LogP contribution >= 0.6 is 0 Å². The van der Waals surface area contributed by atoms with Crippen molar-refractivity contribution in [2.24, 2.45) is 0 Å². The van der Waals surface area contributed by atoms with Crippen LogP contribution in [0.3, 0.4) is 0 Å². The van der Waals surface area contributed by atoms with Crippen molar-refractivity contribution < 1.29 is 57.5 Å². The molecule has 17 heteroatoms. The lowest BCUT2D eigenvalue weighted by Gasteiger charge is -2.21. The van der Waals surface area contributed by atoms with E-state index in [2.05, 4.69) is 37.1 Å². The molecule has 0 aromatic heterocycles. The van der Waals surface area contributed by atoms with Crippen LogP contribution in [0.25, 0.3) is 0 Å². The number of unbranched alkanes of at least 4 members (excludes halogenated alkanes) is 1. The van der Waals surface area contributed by atoms with Crippen LogP contribution in [0.5, 0.6) is 0 Å². The Kier molecular flexibility index (Phi) is 31.0. The predicted molar refractivity (Wildman–Crippen MR) is 94.6 cm³/mol. The van der Waals surface area contributed by atoms with Crippen LogP contribution in [0.15, 0.2) is 23.9 Å². The highest BCUT2D eigenvalue weighted by molar-refractivity contribution is 6.32. The van der Waals surface area contributed by atoms with E-state index in [0.29, 0.717) is 0 Å². The lowest BCUT2D eigenvalue weighted by Crippen LogP contribution is -2.20. The van der Waals surface area contributed by atoms with Crippen LogP contribution in [-0.4, -0.2) is 87.8 Å². The molecule has 158 valence electrons. The molecule has 1 aliphatic heterocycles. The van der Waals surface area contributed by atoms with Crippen LogP contribution in [-0.2, 0) is 0 Å². The van der Waals surface area contributed by atoms with Gasteiger partial charge in [0.2, 0.25) is 0 Å². The molecule has 0 radical (unpaired) electrons. The highest BCUT2D eigenvalue weighted by Gasteiger charge is 2.00. The summed E-state index contributed by atoms with van der Waals surface area (Å²) in [5.41, 5.74) is 1.39. The standard InChI is InChI=1S/C10H17N.4BFH2O2/c1-3-4-7-11-8-5-10(2)6-9-11;4*2-1(3)4/h5-6,8H,3-4,7,9H2,1-2H3;4*3-4H. The summed E-state index contributed by atoms with van der Waals surface area (Å²) in [5, 5.41) is 55.6. The van der Waals surface area contributed by atoms with Crippen molar-refractivity contribution in [2.75, 3.05) is 13.1 Å². The molecule has 0 amide bonds. The topological polar surface area (TPSA) is 165 Å². The van der Waals surface area contributed by atoms with Gasteiger partial charge in [-0.2, -0.15) is 0 Å². The lowest BCUT2D eigenvalue weighted by atomic mass is 10.2. The molecular formula is C10H25B4F4NO8. The maximum absolute atomic E-state index is 10.1. The summed E-state index contributed by atoms with van der Waals surface area (Å²) in [6.45, 7) is 6.68. The Balaban J connectivity index is -0.000000139. The Morgan fingerprint density at radius 3 is 1.41 bits per heavy atom. The van der Waals surface area contributed by atoms with Gasteiger partial charge in [-0.25, -0.2) is 0 Å². The van der Waals surface area contributed by atoms with Crippen LogP contribution in [0.4, 0.5) is 17.3 Å². The van der Waals surface area contributed by atoms with Gasteiger partial charge in [0.15, 0.2) is 0 Å². The zero-order chi connectivity index (χ0) is 22.4. The van der Waals surface area contributed by atoms with Crippen LogP contribution in [0.2, 0.25) is 0 Å². The maximum atomic E-state index is 10.1. The first-order valence-electron chi connectivity index (χ1n) is 7.36. The van der Waals surface area contributed by atoms with Gasteiger partial charge in [0.05, 0.1) is 0 Å². The van der Waals surface area contributed by atoms with Gasteiger partial charge in [0, 0.05) is 13.1 Å². The molecule has 0 saturated heterocycles. The molecule has 9 nitrogen and oxygen atoms in total. The van der Waals surface area contributed by atoms with Gasteiger partial charge in [-0.05, 0) is 25.6 Å². The molecule has 0 saturated carbocycles. The summed E-state index contributed by atoms with van der Waals surface area (Å²) >= 11 is 0. The lowest BCUT2D eigenvalue weighted by molar-refractivity contribution is 0.338. The summed E-state index contributed by atoms with van der Waals surface area (Å²) in [5.74, 6) is 0. The summed E-state index contributed by atoms with van der Waals surface area (Å²) in [6, 6.07) is 0. The van der Waals surface area contributed by atoms with E-state index in [9.17, 15) is 17.3 Å².